The summed E-state index contributed by atoms with van der Waals surface area (Å²) in [6, 6.07) is 10.2. The predicted octanol–water partition coefficient (Wildman–Crippen LogP) is 3.03. The van der Waals surface area contributed by atoms with E-state index in [9.17, 15) is 4.79 Å². The van der Waals surface area contributed by atoms with Crippen LogP contribution in [-0.2, 0) is 4.79 Å². The molecule has 0 saturated heterocycles. The molecule has 0 bridgehead atoms. The lowest BCUT2D eigenvalue weighted by atomic mass is 10.2. The highest BCUT2D eigenvalue weighted by atomic mass is 16.5. The van der Waals surface area contributed by atoms with E-state index in [0.29, 0.717) is 19.1 Å². The van der Waals surface area contributed by atoms with Gasteiger partial charge in [0.25, 0.3) is 0 Å². The Kier molecular flexibility index (Phi) is 7.73. The molecule has 112 valence electrons. The van der Waals surface area contributed by atoms with Crippen LogP contribution in [0.15, 0.2) is 30.3 Å². The first kappa shape index (κ1) is 16.5. The number of rotatable bonds is 10. The minimum Gasteiger partial charge on any atom is -0.494 e. The first-order valence-corrected chi connectivity index (χ1v) is 7.23. The fraction of sp³-hybridized carbons (Fsp3) is 0.562. The van der Waals surface area contributed by atoms with Gasteiger partial charge in [0.2, 0.25) is 0 Å². The third-order valence-electron chi connectivity index (χ3n) is 3.17. The van der Waals surface area contributed by atoms with Crippen LogP contribution in [0, 0.1) is 0 Å². The number of ether oxygens (including phenoxy) is 1. The predicted molar refractivity (Wildman–Crippen MR) is 80.1 cm³/mol. The van der Waals surface area contributed by atoms with Gasteiger partial charge in [-0.05, 0) is 45.4 Å². The molecule has 0 aliphatic heterocycles. The summed E-state index contributed by atoms with van der Waals surface area (Å²) in [6.07, 6.45) is 1.89. The second kappa shape index (κ2) is 9.37. The van der Waals surface area contributed by atoms with Crippen molar-refractivity contribution in [3.05, 3.63) is 30.3 Å². The van der Waals surface area contributed by atoms with Gasteiger partial charge >= 0.3 is 5.97 Å². The Labute approximate surface area is 121 Å². The van der Waals surface area contributed by atoms with Crippen molar-refractivity contribution in [1.82, 2.24) is 4.90 Å². The van der Waals surface area contributed by atoms with Crippen molar-refractivity contribution in [2.45, 2.75) is 39.2 Å². The van der Waals surface area contributed by atoms with Crippen LogP contribution in [0.4, 0.5) is 0 Å². The molecular weight excluding hydrogens is 254 g/mol. The number of hydrogen-bond acceptors (Lipinski definition) is 3. The Hall–Kier alpha value is -1.55. The number of carboxylic acid groups (broad SMARTS) is 1. The zero-order chi connectivity index (χ0) is 14.8. The summed E-state index contributed by atoms with van der Waals surface area (Å²) in [5.41, 5.74) is 0. The van der Waals surface area contributed by atoms with Crippen molar-refractivity contribution >= 4 is 5.97 Å². The van der Waals surface area contributed by atoms with Gasteiger partial charge in [0, 0.05) is 19.0 Å². The Morgan fingerprint density at radius 2 is 1.85 bits per heavy atom. The Balaban J connectivity index is 2.20. The molecular formula is C16H25NO3. The summed E-state index contributed by atoms with van der Waals surface area (Å²) in [5, 5.41) is 8.67. The van der Waals surface area contributed by atoms with Crippen LogP contribution < -0.4 is 4.74 Å². The highest BCUT2D eigenvalue weighted by molar-refractivity contribution is 5.66. The van der Waals surface area contributed by atoms with Crippen molar-refractivity contribution in [3.8, 4) is 5.75 Å². The molecule has 1 aromatic rings. The molecule has 4 heteroatoms. The van der Waals surface area contributed by atoms with Gasteiger partial charge in [0.1, 0.15) is 5.75 Å². The van der Waals surface area contributed by atoms with Crippen LogP contribution >= 0.6 is 0 Å². The molecule has 0 unspecified atom stereocenters. The summed E-state index contributed by atoms with van der Waals surface area (Å²) in [4.78, 5) is 12.8. The molecule has 0 heterocycles. The van der Waals surface area contributed by atoms with Gasteiger partial charge in [-0.15, -0.1) is 0 Å². The number of carboxylic acids is 1. The van der Waals surface area contributed by atoms with Crippen LogP contribution in [0.2, 0.25) is 0 Å². The van der Waals surface area contributed by atoms with Crippen molar-refractivity contribution < 1.29 is 14.6 Å². The summed E-state index contributed by atoms with van der Waals surface area (Å²) in [7, 11) is 0. The lowest BCUT2D eigenvalue weighted by Crippen LogP contribution is -2.33. The smallest absolute Gasteiger partial charge is 0.303 e. The molecule has 0 atom stereocenters. The van der Waals surface area contributed by atoms with E-state index in [1.807, 2.05) is 30.3 Å². The molecule has 1 aromatic carbocycles. The van der Waals surface area contributed by atoms with Gasteiger partial charge in [-0.1, -0.05) is 18.2 Å². The molecule has 0 spiro atoms. The van der Waals surface area contributed by atoms with Crippen LogP contribution in [-0.4, -0.2) is 41.7 Å². The molecule has 0 radical (unpaired) electrons. The lowest BCUT2D eigenvalue weighted by Gasteiger charge is -2.26. The monoisotopic (exact) mass is 279 g/mol. The number of hydrogen-bond donors (Lipinski definition) is 1. The molecule has 0 amide bonds. The van der Waals surface area contributed by atoms with Crippen LogP contribution in [0.25, 0.3) is 0 Å². The second-order valence-corrected chi connectivity index (χ2v) is 5.14. The van der Waals surface area contributed by atoms with Crippen LogP contribution in [0.3, 0.4) is 0 Å². The van der Waals surface area contributed by atoms with E-state index in [1.165, 1.54) is 0 Å². The van der Waals surface area contributed by atoms with Crippen molar-refractivity contribution in [2.75, 3.05) is 19.7 Å². The maximum Gasteiger partial charge on any atom is 0.303 e. The van der Waals surface area contributed by atoms with Gasteiger partial charge in [0.15, 0.2) is 0 Å². The average Bonchev–Trinajstić information content (AvgIpc) is 2.42. The maximum absolute atomic E-state index is 10.5. The molecule has 4 nitrogen and oxygen atoms in total. The largest absolute Gasteiger partial charge is 0.494 e. The van der Waals surface area contributed by atoms with Crippen molar-refractivity contribution in [2.24, 2.45) is 0 Å². The van der Waals surface area contributed by atoms with E-state index >= 15 is 0 Å². The standard InChI is InChI=1S/C16H25NO3/c1-14(2)17(11-6-10-16(18)19)12-7-13-20-15-8-4-3-5-9-15/h3-5,8-9,14H,6-7,10-13H2,1-2H3,(H,18,19). The quantitative estimate of drug-likeness (QED) is 0.669. The highest BCUT2D eigenvalue weighted by Gasteiger charge is 2.09. The first-order chi connectivity index (χ1) is 9.59. The topological polar surface area (TPSA) is 49.8 Å². The second-order valence-electron chi connectivity index (χ2n) is 5.14. The summed E-state index contributed by atoms with van der Waals surface area (Å²) >= 11 is 0. The highest BCUT2D eigenvalue weighted by Crippen LogP contribution is 2.09. The summed E-state index contributed by atoms with van der Waals surface area (Å²) < 4.78 is 5.66. The van der Waals surface area contributed by atoms with E-state index in [-0.39, 0.29) is 6.42 Å². The molecule has 0 aliphatic carbocycles. The van der Waals surface area contributed by atoms with E-state index in [4.69, 9.17) is 9.84 Å². The van der Waals surface area contributed by atoms with Gasteiger partial charge < -0.3 is 14.7 Å². The Morgan fingerprint density at radius 1 is 1.20 bits per heavy atom. The Morgan fingerprint density at radius 3 is 2.45 bits per heavy atom. The lowest BCUT2D eigenvalue weighted by molar-refractivity contribution is -0.137. The van der Waals surface area contributed by atoms with Crippen molar-refractivity contribution in [1.29, 1.82) is 0 Å². The number of benzene rings is 1. The molecule has 0 aliphatic rings. The van der Waals surface area contributed by atoms with Gasteiger partial charge in [-0.25, -0.2) is 0 Å². The van der Waals surface area contributed by atoms with E-state index in [2.05, 4.69) is 18.7 Å². The van der Waals surface area contributed by atoms with Gasteiger partial charge in [-0.3, -0.25) is 4.79 Å². The van der Waals surface area contributed by atoms with Crippen molar-refractivity contribution in [3.63, 3.8) is 0 Å². The number of carbonyl (C=O) groups is 1. The number of nitrogens with zero attached hydrogens (tertiary/aromatic N) is 1. The SMILES string of the molecule is CC(C)N(CCCOc1ccccc1)CCCC(=O)O. The van der Waals surface area contributed by atoms with Gasteiger partial charge in [0.05, 0.1) is 6.61 Å². The minimum absolute atomic E-state index is 0.240. The molecule has 0 aromatic heterocycles. The average molecular weight is 279 g/mol. The van der Waals surface area contributed by atoms with E-state index in [1.54, 1.807) is 0 Å². The van der Waals surface area contributed by atoms with Gasteiger partial charge in [-0.2, -0.15) is 0 Å². The minimum atomic E-state index is -0.721. The molecule has 0 fully saturated rings. The zero-order valence-corrected chi connectivity index (χ0v) is 12.4. The third kappa shape index (κ3) is 7.14. The fourth-order valence-electron chi connectivity index (χ4n) is 2.04. The molecule has 0 saturated carbocycles. The van der Waals surface area contributed by atoms with Crippen LogP contribution in [0.5, 0.6) is 5.75 Å². The third-order valence-corrected chi connectivity index (χ3v) is 3.17. The molecule has 1 N–H and O–H groups in total. The number of para-hydroxylation sites is 1. The van der Waals surface area contributed by atoms with E-state index in [0.717, 1.165) is 25.3 Å². The first-order valence-electron chi connectivity index (χ1n) is 7.23. The van der Waals surface area contributed by atoms with E-state index < -0.39 is 5.97 Å². The van der Waals surface area contributed by atoms with Crippen LogP contribution in [0.1, 0.15) is 33.1 Å². The summed E-state index contributed by atoms with van der Waals surface area (Å²) in [6.45, 7) is 6.73. The molecule has 1 rings (SSSR count). The Bertz CT molecular complexity index is 379. The maximum atomic E-state index is 10.5. The fourth-order valence-corrected chi connectivity index (χ4v) is 2.04. The number of aliphatic carboxylic acids is 1. The normalized spacial score (nSPS) is 11.0. The zero-order valence-electron chi connectivity index (χ0n) is 12.4. The summed E-state index contributed by atoms with van der Waals surface area (Å²) in [5.74, 6) is 0.176. The molecule has 20 heavy (non-hydrogen) atoms.